The lowest BCUT2D eigenvalue weighted by Crippen LogP contribution is -2.24. The van der Waals surface area contributed by atoms with Crippen LogP contribution in [0.15, 0.2) is 52.0 Å². The van der Waals surface area contributed by atoms with Gasteiger partial charge < -0.3 is 9.47 Å². The van der Waals surface area contributed by atoms with Crippen LogP contribution < -0.4 is 14.9 Å². The van der Waals surface area contributed by atoms with E-state index in [1.165, 1.54) is 5.56 Å². The number of methoxy groups -OCH3 is 1. The molecule has 1 amide bonds. The van der Waals surface area contributed by atoms with Gasteiger partial charge in [0.2, 0.25) is 0 Å². The van der Waals surface area contributed by atoms with Gasteiger partial charge in [0, 0.05) is 0 Å². The molecule has 0 aliphatic heterocycles. The lowest BCUT2D eigenvalue weighted by molar-refractivity contribution is -0.123. The van der Waals surface area contributed by atoms with Crippen molar-refractivity contribution in [3.05, 3.63) is 58.1 Å². The van der Waals surface area contributed by atoms with E-state index in [0.29, 0.717) is 5.75 Å². The first-order chi connectivity index (χ1) is 12.3. The predicted octanol–water partition coefficient (Wildman–Crippen LogP) is 4.28. The van der Waals surface area contributed by atoms with Crippen molar-refractivity contribution < 1.29 is 14.3 Å². The predicted molar refractivity (Wildman–Crippen MR) is 107 cm³/mol. The van der Waals surface area contributed by atoms with Crippen LogP contribution in [0.4, 0.5) is 0 Å². The summed E-state index contributed by atoms with van der Waals surface area (Å²) in [5.41, 5.74) is 4.53. The third-order valence-electron chi connectivity index (χ3n) is 3.68. The van der Waals surface area contributed by atoms with Crippen LogP contribution in [0.5, 0.6) is 11.5 Å². The Morgan fingerprint density at radius 2 is 1.88 bits per heavy atom. The van der Waals surface area contributed by atoms with E-state index >= 15 is 0 Å². The minimum absolute atomic E-state index is 0.0502. The largest absolute Gasteiger partial charge is 0.497 e. The summed E-state index contributed by atoms with van der Waals surface area (Å²) in [5, 5.41) is 3.92. The number of hydrogen-bond donors (Lipinski definition) is 1. The van der Waals surface area contributed by atoms with Gasteiger partial charge in [-0.25, -0.2) is 5.43 Å². The maximum absolute atomic E-state index is 11.9. The molecule has 138 valence electrons. The molecule has 0 spiro atoms. The van der Waals surface area contributed by atoms with Crippen molar-refractivity contribution >= 4 is 28.1 Å². The summed E-state index contributed by atoms with van der Waals surface area (Å²) < 4.78 is 11.5. The second kappa shape index (κ2) is 8.85. The topological polar surface area (TPSA) is 59.9 Å². The number of carbonyl (C=O) groups is 1. The van der Waals surface area contributed by atoms with Gasteiger partial charge in [0.25, 0.3) is 5.91 Å². The lowest BCUT2D eigenvalue weighted by atomic mass is 9.87. The van der Waals surface area contributed by atoms with Gasteiger partial charge in [0.15, 0.2) is 6.61 Å². The molecule has 1 N–H and O–H groups in total. The molecule has 26 heavy (non-hydrogen) atoms. The smallest absolute Gasteiger partial charge is 0.277 e. The van der Waals surface area contributed by atoms with E-state index in [0.717, 1.165) is 15.8 Å². The number of hydrogen-bond acceptors (Lipinski definition) is 4. The van der Waals surface area contributed by atoms with Crippen LogP contribution in [-0.2, 0) is 10.2 Å². The van der Waals surface area contributed by atoms with Crippen LogP contribution in [0.1, 0.15) is 31.9 Å². The Balaban J connectivity index is 1.85. The summed E-state index contributed by atoms with van der Waals surface area (Å²) >= 11 is 3.49. The molecular weight excluding hydrogens is 396 g/mol. The normalized spacial score (nSPS) is 11.4. The first-order valence-electron chi connectivity index (χ1n) is 8.18. The van der Waals surface area contributed by atoms with Gasteiger partial charge in [-0.3, -0.25) is 4.79 Å². The highest BCUT2D eigenvalue weighted by molar-refractivity contribution is 9.10. The molecule has 5 nitrogen and oxygen atoms in total. The summed E-state index contributed by atoms with van der Waals surface area (Å²) in [5.74, 6) is 1.05. The third kappa shape index (κ3) is 5.88. The Hall–Kier alpha value is -2.34. The number of hydrazone groups is 1. The highest BCUT2D eigenvalue weighted by atomic mass is 79.9. The molecule has 2 aromatic carbocycles. The van der Waals surface area contributed by atoms with Crippen LogP contribution in [0.2, 0.25) is 0 Å². The summed E-state index contributed by atoms with van der Waals surface area (Å²) in [6.07, 6.45) is 1.56. The monoisotopic (exact) mass is 418 g/mol. The van der Waals surface area contributed by atoms with Gasteiger partial charge in [0.05, 0.1) is 17.8 Å². The van der Waals surface area contributed by atoms with Crippen molar-refractivity contribution in [2.75, 3.05) is 13.7 Å². The number of carbonyl (C=O) groups excluding carboxylic acids is 1. The standard InChI is InChI=1S/C20H23BrN2O3/c1-20(2,3)15-7-10-18(17(21)11-15)26-13-19(24)23-22-12-14-5-8-16(25-4)9-6-14/h5-12H,13H2,1-4H3,(H,23,24)/b22-12+. The van der Waals surface area contributed by atoms with Gasteiger partial charge >= 0.3 is 0 Å². The molecule has 0 bridgehead atoms. The van der Waals surface area contributed by atoms with E-state index in [2.05, 4.69) is 47.2 Å². The molecule has 6 heteroatoms. The number of halogens is 1. The molecule has 2 aromatic rings. The average Bonchev–Trinajstić information content (AvgIpc) is 2.60. The number of nitrogens with one attached hydrogen (secondary N) is 1. The molecule has 0 fully saturated rings. The van der Waals surface area contributed by atoms with E-state index in [-0.39, 0.29) is 17.9 Å². The summed E-state index contributed by atoms with van der Waals surface area (Å²) in [7, 11) is 1.61. The van der Waals surface area contributed by atoms with E-state index in [1.807, 2.05) is 42.5 Å². The van der Waals surface area contributed by atoms with Gasteiger partial charge in [-0.05, 0) is 68.9 Å². The molecule has 0 unspecified atom stereocenters. The minimum atomic E-state index is -0.332. The maximum atomic E-state index is 11.9. The molecule has 0 heterocycles. The first-order valence-corrected chi connectivity index (χ1v) is 8.97. The molecular formula is C20H23BrN2O3. The summed E-state index contributed by atoms with van der Waals surface area (Å²) in [6, 6.07) is 13.2. The fourth-order valence-corrected chi connectivity index (χ4v) is 2.62. The van der Waals surface area contributed by atoms with Crippen LogP contribution in [0.3, 0.4) is 0 Å². The van der Waals surface area contributed by atoms with E-state index in [9.17, 15) is 4.79 Å². The fraction of sp³-hybridized carbons (Fsp3) is 0.300. The van der Waals surface area contributed by atoms with Crippen molar-refractivity contribution in [1.29, 1.82) is 0 Å². The summed E-state index contributed by atoms with van der Waals surface area (Å²) in [6.45, 7) is 6.31. The Labute approximate surface area is 162 Å². The van der Waals surface area contributed by atoms with Crippen molar-refractivity contribution in [3.63, 3.8) is 0 Å². The van der Waals surface area contributed by atoms with Crippen LogP contribution in [0.25, 0.3) is 0 Å². The third-order valence-corrected chi connectivity index (χ3v) is 4.30. The van der Waals surface area contributed by atoms with Gasteiger partial charge in [-0.15, -0.1) is 0 Å². The molecule has 0 atom stereocenters. The SMILES string of the molecule is COc1ccc(/C=N/NC(=O)COc2ccc(C(C)(C)C)cc2Br)cc1. The van der Waals surface area contributed by atoms with Crippen molar-refractivity contribution in [2.45, 2.75) is 26.2 Å². The van der Waals surface area contributed by atoms with Crippen molar-refractivity contribution in [2.24, 2.45) is 5.10 Å². The molecule has 0 saturated carbocycles. The molecule has 2 rings (SSSR count). The van der Waals surface area contributed by atoms with E-state index in [4.69, 9.17) is 9.47 Å². The van der Waals surface area contributed by atoms with Crippen LogP contribution >= 0.6 is 15.9 Å². The van der Waals surface area contributed by atoms with Gasteiger partial charge in [0.1, 0.15) is 11.5 Å². The fourth-order valence-electron chi connectivity index (χ4n) is 2.13. The number of ether oxygens (including phenoxy) is 2. The van der Waals surface area contributed by atoms with Gasteiger partial charge in [-0.2, -0.15) is 5.10 Å². The molecule has 0 radical (unpaired) electrons. The van der Waals surface area contributed by atoms with Crippen LogP contribution in [-0.4, -0.2) is 25.8 Å². The number of amides is 1. The Kier molecular flexibility index (Phi) is 6.80. The first kappa shape index (κ1) is 20.0. The Morgan fingerprint density at radius 1 is 1.19 bits per heavy atom. The zero-order valence-electron chi connectivity index (χ0n) is 15.4. The Morgan fingerprint density at radius 3 is 2.46 bits per heavy atom. The van der Waals surface area contributed by atoms with Gasteiger partial charge in [-0.1, -0.05) is 26.8 Å². The molecule has 0 aliphatic rings. The average molecular weight is 419 g/mol. The quantitative estimate of drug-likeness (QED) is 0.562. The highest BCUT2D eigenvalue weighted by Gasteiger charge is 2.15. The summed E-state index contributed by atoms with van der Waals surface area (Å²) in [4.78, 5) is 11.9. The number of nitrogens with zero attached hydrogens (tertiary/aromatic N) is 1. The minimum Gasteiger partial charge on any atom is -0.497 e. The second-order valence-electron chi connectivity index (χ2n) is 6.75. The zero-order valence-corrected chi connectivity index (χ0v) is 17.0. The van der Waals surface area contributed by atoms with Crippen LogP contribution in [0, 0.1) is 0 Å². The zero-order chi connectivity index (χ0) is 19.2. The highest BCUT2D eigenvalue weighted by Crippen LogP contribution is 2.31. The second-order valence-corrected chi connectivity index (χ2v) is 7.60. The molecule has 0 aromatic heterocycles. The molecule has 0 saturated heterocycles. The number of rotatable bonds is 6. The maximum Gasteiger partial charge on any atom is 0.277 e. The van der Waals surface area contributed by atoms with Crippen molar-refractivity contribution in [1.82, 2.24) is 5.43 Å². The van der Waals surface area contributed by atoms with E-state index in [1.54, 1.807) is 13.3 Å². The lowest BCUT2D eigenvalue weighted by Gasteiger charge is -2.20. The van der Waals surface area contributed by atoms with E-state index < -0.39 is 0 Å². The molecule has 0 aliphatic carbocycles. The van der Waals surface area contributed by atoms with Crippen molar-refractivity contribution in [3.8, 4) is 11.5 Å². The Bertz CT molecular complexity index is 781. The number of benzene rings is 2.